The van der Waals surface area contributed by atoms with E-state index in [1.807, 2.05) is 0 Å². The van der Waals surface area contributed by atoms with Crippen LogP contribution in [0.1, 0.15) is 104 Å². The van der Waals surface area contributed by atoms with Gasteiger partial charge >= 0.3 is 5.97 Å². The molecule has 0 bridgehead atoms. The molecule has 0 rings (SSSR count). The van der Waals surface area contributed by atoms with Gasteiger partial charge in [-0.05, 0) is 19.3 Å². The second kappa shape index (κ2) is 22.4. The van der Waals surface area contributed by atoms with Crippen molar-refractivity contribution in [3.8, 4) is 0 Å². The van der Waals surface area contributed by atoms with Crippen LogP contribution < -0.4 is 11.2 Å². The van der Waals surface area contributed by atoms with Crippen molar-refractivity contribution in [2.24, 2.45) is 10.8 Å². The van der Waals surface area contributed by atoms with Crippen LogP contribution in [0.4, 0.5) is 0 Å². The monoisotopic (exact) mass is 356 g/mol. The maximum Gasteiger partial charge on any atom is 0.303 e. The number of unbranched alkanes of at least 4 members (excludes halogenated alkanes) is 11. The van der Waals surface area contributed by atoms with Gasteiger partial charge in [-0.3, -0.25) is 10.2 Å². The molecule has 0 aliphatic rings. The lowest BCUT2D eigenvalue weighted by molar-refractivity contribution is -0.137. The first-order valence-electron chi connectivity index (χ1n) is 9.87. The predicted octanol–water partition coefficient (Wildman–Crippen LogP) is 5.03. The molecule has 0 aromatic rings. The Morgan fingerprint density at radius 3 is 1.92 bits per heavy atom. The fraction of sp³-hybridized carbons (Fsp3) is 0.842. The molecule has 0 aliphatic carbocycles. The maximum absolute atomic E-state index is 9.96. The highest BCUT2D eigenvalue weighted by Crippen LogP contribution is 2.08. The summed E-state index contributed by atoms with van der Waals surface area (Å²) in [7, 11) is 0. The molecule has 0 saturated heterocycles. The second-order valence-electron chi connectivity index (χ2n) is 6.31. The number of guanidine groups is 1. The minimum atomic E-state index is -0.675. The molecule has 0 saturated carbocycles. The third-order valence-electron chi connectivity index (χ3n) is 3.71. The maximum atomic E-state index is 9.96. The Morgan fingerprint density at radius 2 is 1.44 bits per heavy atom. The van der Waals surface area contributed by atoms with Gasteiger partial charge in [-0.15, -0.1) is 0 Å². The second-order valence-corrected chi connectivity index (χ2v) is 6.31. The first-order valence-corrected chi connectivity index (χ1v) is 9.87. The summed E-state index contributed by atoms with van der Waals surface area (Å²) in [6.45, 7) is 4.36. The Bertz CT molecular complexity index is 333. The van der Waals surface area contributed by atoms with Gasteiger partial charge in [0, 0.05) is 12.6 Å². The average molecular weight is 357 g/mol. The van der Waals surface area contributed by atoms with E-state index in [-0.39, 0.29) is 5.96 Å². The number of hydrogen-bond acceptors (Lipinski definition) is 3. The molecule has 0 heterocycles. The molecule has 148 valence electrons. The molecule has 0 amide bonds. The summed E-state index contributed by atoms with van der Waals surface area (Å²) < 4.78 is 0. The van der Waals surface area contributed by atoms with Crippen LogP contribution in [-0.2, 0) is 4.79 Å². The largest absolute Gasteiger partial charge is 0.481 e. The van der Waals surface area contributed by atoms with Gasteiger partial charge in [-0.1, -0.05) is 78.1 Å². The van der Waals surface area contributed by atoms with Crippen molar-refractivity contribution in [1.29, 1.82) is 5.41 Å². The molecule has 6 nitrogen and oxygen atoms in total. The third-order valence-corrected chi connectivity index (χ3v) is 3.71. The van der Waals surface area contributed by atoms with Gasteiger partial charge < -0.3 is 10.8 Å². The third kappa shape index (κ3) is 30.8. The van der Waals surface area contributed by atoms with Crippen LogP contribution in [0, 0.1) is 5.41 Å². The molecule has 0 aliphatic heterocycles. The van der Waals surface area contributed by atoms with E-state index in [9.17, 15) is 4.79 Å². The number of nitrogens with two attached hydrogens (primary N) is 1. The SMILES string of the molecule is CCCCCCC(=O)O.CCCCCCCCCC/C=N/NC(=N)N. The highest BCUT2D eigenvalue weighted by Gasteiger charge is 1.94. The van der Waals surface area contributed by atoms with Crippen LogP contribution in [0.15, 0.2) is 5.10 Å². The van der Waals surface area contributed by atoms with Crippen molar-refractivity contribution < 1.29 is 9.90 Å². The van der Waals surface area contributed by atoms with E-state index < -0.39 is 5.97 Å². The van der Waals surface area contributed by atoms with Crippen molar-refractivity contribution in [3.63, 3.8) is 0 Å². The van der Waals surface area contributed by atoms with Gasteiger partial charge in [0.05, 0.1) is 0 Å². The summed E-state index contributed by atoms with van der Waals surface area (Å²) in [4.78, 5) is 9.96. The van der Waals surface area contributed by atoms with Crippen LogP contribution >= 0.6 is 0 Å². The zero-order chi connectivity index (χ0) is 19.2. The van der Waals surface area contributed by atoms with Gasteiger partial charge in [-0.25, -0.2) is 5.43 Å². The fourth-order valence-corrected chi connectivity index (χ4v) is 2.25. The fourth-order valence-electron chi connectivity index (χ4n) is 2.25. The molecular formula is C19H40N4O2. The minimum absolute atomic E-state index is 0.104. The first kappa shape index (κ1) is 25.6. The molecule has 5 N–H and O–H groups in total. The Kier molecular flexibility index (Phi) is 23.0. The summed E-state index contributed by atoms with van der Waals surface area (Å²) >= 11 is 0. The normalized spacial score (nSPS) is 10.3. The highest BCUT2D eigenvalue weighted by atomic mass is 16.4. The van der Waals surface area contributed by atoms with Gasteiger partial charge in [0.15, 0.2) is 0 Å². The Morgan fingerprint density at radius 1 is 0.960 bits per heavy atom. The summed E-state index contributed by atoms with van der Waals surface area (Å²) in [5, 5.41) is 18.9. The summed E-state index contributed by atoms with van der Waals surface area (Å²) in [6.07, 6.45) is 17.9. The van der Waals surface area contributed by atoms with Gasteiger partial charge in [-0.2, -0.15) is 5.10 Å². The zero-order valence-electron chi connectivity index (χ0n) is 16.4. The lowest BCUT2D eigenvalue weighted by Crippen LogP contribution is -2.25. The number of carboxylic acids is 1. The van der Waals surface area contributed by atoms with Crippen LogP contribution in [0.5, 0.6) is 0 Å². The number of carboxylic acid groups (broad SMARTS) is 1. The smallest absolute Gasteiger partial charge is 0.303 e. The number of carbonyl (C=O) groups is 1. The van der Waals surface area contributed by atoms with Crippen molar-refractivity contribution in [1.82, 2.24) is 5.43 Å². The van der Waals surface area contributed by atoms with Crippen molar-refractivity contribution in [2.75, 3.05) is 0 Å². The molecule has 25 heavy (non-hydrogen) atoms. The van der Waals surface area contributed by atoms with E-state index in [4.69, 9.17) is 16.2 Å². The molecule has 0 radical (unpaired) electrons. The van der Waals surface area contributed by atoms with E-state index in [2.05, 4.69) is 24.4 Å². The quantitative estimate of drug-likeness (QED) is 0.143. The van der Waals surface area contributed by atoms with Crippen LogP contribution in [-0.4, -0.2) is 23.2 Å². The summed E-state index contributed by atoms with van der Waals surface area (Å²) in [5.74, 6) is -0.779. The van der Waals surface area contributed by atoms with Crippen molar-refractivity contribution in [2.45, 2.75) is 104 Å². The average Bonchev–Trinajstić information content (AvgIpc) is 2.57. The van der Waals surface area contributed by atoms with E-state index in [1.54, 1.807) is 6.21 Å². The van der Waals surface area contributed by atoms with E-state index in [0.717, 1.165) is 25.7 Å². The Labute approximate surface area is 154 Å². The minimum Gasteiger partial charge on any atom is -0.481 e. The van der Waals surface area contributed by atoms with Crippen LogP contribution in [0.3, 0.4) is 0 Å². The molecule has 0 aromatic carbocycles. The Balaban J connectivity index is 0. The van der Waals surface area contributed by atoms with Gasteiger partial charge in [0.25, 0.3) is 0 Å². The van der Waals surface area contributed by atoms with Crippen LogP contribution in [0.2, 0.25) is 0 Å². The van der Waals surface area contributed by atoms with Crippen LogP contribution in [0.25, 0.3) is 0 Å². The molecular weight excluding hydrogens is 316 g/mol. The van der Waals surface area contributed by atoms with Crippen molar-refractivity contribution in [3.05, 3.63) is 0 Å². The molecule has 0 fully saturated rings. The van der Waals surface area contributed by atoms with E-state index >= 15 is 0 Å². The molecule has 0 aromatic heterocycles. The zero-order valence-corrected chi connectivity index (χ0v) is 16.4. The number of aliphatic carboxylic acids is 1. The molecule has 0 atom stereocenters. The number of hydrazone groups is 1. The van der Waals surface area contributed by atoms with E-state index in [1.165, 1.54) is 57.8 Å². The number of hydrogen-bond donors (Lipinski definition) is 4. The first-order chi connectivity index (χ1) is 12.0. The standard InChI is InChI=1S/C12H26N4.C7H14O2/c1-2-3-4-5-6-7-8-9-10-11-15-16-12(13)14;1-2-3-4-5-6-7(8)9/h11H,2-10H2,1H3,(H4,13,14,16);2-6H2,1H3,(H,8,9)/b15-11+;. The number of nitrogens with zero attached hydrogens (tertiary/aromatic N) is 1. The van der Waals surface area contributed by atoms with Gasteiger partial charge in [0.2, 0.25) is 5.96 Å². The Hall–Kier alpha value is -1.59. The number of nitrogens with one attached hydrogen (secondary N) is 2. The highest BCUT2D eigenvalue weighted by molar-refractivity contribution is 5.75. The lowest BCUT2D eigenvalue weighted by atomic mass is 10.1. The predicted molar refractivity (Wildman–Crippen MR) is 107 cm³/mol. The number of rotatable bonds is 15. The molecule has 0 unspecified atom stereocenters. The molecule has 0 spiro atoms. The van der Waals surface area contributed by atoms with E-state index in [0.29, 0.717) is 6.42 Å². The summed E-state index contributed by atoms with van der Waals surface area (Å²) in [5.41, 5.74) is 7.47. The van der Waals surface area contributed by atoms with Gasteiger partial charge in [0.1, 0.15) is 0 Å². The topological polar surface area (TPSA) is 112 Å². The summed E-state index contributed by atoms with van der Waals surface area (Å²) in [6, 6.07) is 0. The molecule has 6 heteroatoms. The van der Waals surface area contributed by atoms with Crippen molar-refractivity contribution >= 4 is 18.1 Å². The lowest BCUT2D eigenvalue weighted by Gasteiger charge is -1.99.